The zero-order valence-electron chi connectivity index (χ0n) is 19.5. The Hall–Kier alpha value is -2.53. The molecule has 1 aliphatic rings. The third-order valence-electron chi connectivity index (χ3n) is 6.22. The van der Waals surface area contributed by atoms with Gasteiger partial charge in [0.15, 0.2) is 11.5 Å². The number of nitrogens with one attached hydrogen (secondary N) is 1. The van der Waals surface area contributed by atoms with Gasteiger partial charge in [-0.05, 0) is 61.7 Å². The van der Waals surface area contributed by atoms with Crippen molar-refractivity contribution in [3.63, 3.8) is 0 Å². The molecule has 174 valence electrons. The molecule has 0 spiro atoms. The summed E-state index contributed by atoms with van der Waals surface area (Å²) in [7, 11) is 1.66. The Labute approximate surface area is 202 Å². The van der Waals surface area contributed by atoms with Crippen LogP contribution in [-0.4, -0.2) is 31.1 Å². The van der Waals surface area contributed by atoms with E-state index >= 15 is 0 Å². The van der Waals surface area contributed by atoms with Gasteiger partial charge in [-0.3, -0.25) is 4.90 Å². The number of methoxy groups -OCH3 is 1. The summed E-state index contributed by atoms with van der Waals surface area (Å²) in [6.45, 7) is 6.55. The zero-order valence-corrected chi connectivity index (χ0v) is 20.3. The number of halogens is 1. The molecule has 1 fully saturated rings. The Balaban J connectivity index is 1.28. The summed E-state index contributed by atoms with van der Waals surface area (Å²) in [6.07, 6.45) is 2.30. The van der Waals surface area contributed by atoms with Crippen molar-refractivity contribution in [3.05, 3.63) is 94.0 Å². The van der Waals surface area contributed by atoms with Crippen LogP contribution in [0.2, 0.25) is 5.02 Å². The van der Waals surface area contributed by atoms with Crippen LogP contribution >= 0.6 is 11.6 Å². The Kier molecular flexibility index (Phi) is 8.27. The maximum atomic E-state index is 6.58. The lowest BCUT2D eigenvalue weighted by Gasteiger charge is -2.32. The van der Waals surface area contributed by atoms with Crippen molar-refractivity contribution in [3.8, 4) is 11.5 Å². The number of aryl methyl sites for hydroxylation is 1. The topological polar surface area (TPSA) is 33.7 Å². The number of hydrogen-bond acceptors (Lipinski definition) is 4. The normalized spacial score (nSPS) is 14.9. The predicted molar refractivity (Wildman–Crippen MR) is 135 cm³/mol. The van der Waals surface area contributed by atoms with Crippen molar-refractivity contribution in [1.82, 2.24) is 10.2 Å². The maximum absolute atomic E-state index is 6.58. The van der Waals surface area contributed by atoms with Crippen molar-refractivity contribution in [1.29, 1.82) is 0 Å². The number of ether oxygens (including phenoxy) is 2. The van der Waals surface area contributed by atoms with Gasteiger partial charge < -0.3 is 14.8 Å². The fraction of sp³-hybridized carbons (Fsp3) is 0.357. The van der Waals surface area contributed by atoms with Crippen LogP contribution in [0.5, 0.6) is 11.5 Å². The minimum absolute atomic E-state index is 0.454. The fourth-order valence-corrected chi connectivity index (χ4v) is 4.54. The summed E-state index contributed by atoms with van der Waals surface area (Å²) in [5, 5.41) is 4.28. The van der Waals surface area contributed by atoms with E-state index in [1.54, 1.807) is 7.11 Å². The molecule has 1 heterocycles. The van der Waals surface area contributed by atoms with E-state index in [1.165, 1.54) is 11.1 Å². The van der Waals surface area contributed by atoms with Crippen LogP contribution in [0.15, 0.2) is 66.7 Å². The average Bonchev–Trinajstić information content (AvgIpc) is 2.84. The lowest BCUT2D eigenvalue weighted by Crippen LogP contribution is -2.41. The van der Waals surface area contributed by atoms with E-state index in [4.69, 9.17) is 21.1 Å². The molecule has 1 N–H and O–H groups in total. The van der Waals surface area contributed by atoms with Crippen LogP contribution in [0.3, 0.4) is 0 Å². The van der Waals surface area contributed by atoms with Crippen molar-refractivity contribution in [2.75, 3.05) is 20.2 Å². The monoisotopic (exact) mass is 464 g/mol. The first-order chi connectivity index (χ1) is 16.1. The summed E-state index contributed by atoms with van der Waals surface area (Å²) in [4.78, 5) is 2.54. The average molecular weight is 465 g/mol. The van der Waals surface area contributed by atoms with Crippen molar-refractivity contribution in [2.24, 2.45) is 0 Å². The second-order valence-electron chi connectivity index (χ2n) is 8.80. The Morgan fingerprint density at radius 1 is 0.939 bits per heavy atom. The summed E-state index contributed by atoms with van der Waals surface area (Å²) in [5.74, 6) is 1.27. The summed E-state index contributed by atoms with van der Waals surface area (Å²) < 4.78 is 11.6. The molecule has 0 radical (unpaired) electrons. The van der Waals surface area contributed by atoms with E-state index < -0.39 is 0 Å². The molecule has 0 bridgehead atoms. The Morgan fingerprint density at radius 3 is 2.36 bits per heavy atom. The van der Waals surface area contributed by atoms with Crippen LogP contribution in [-0.2, 0) is 19.7 Å². The minimum Gasteiger partial charge on any atom is -0.493 e. The first-order valence-electron chi connectivity index (χ1n) is 11.6. The van der Waals surface area contributed by atoms with E-state index in [0.29, 0.717) is 29.2 Å². The molecule has 4 rings (SSSR count). The van der Waals surface area contributed by atoms with Crippen molar-refractivity contribution in [2.45, 2.75) is 45.5 Å². The number of likely N-dealkylation sites (tertiary alicyclic amines) is 1. The molecule has 1 aliphatic heterocycles. The van der Waals surface area contributed by atoms with Gasteiger partial charge >= 0.3 is 0 Å². The van der Waals surface area contributed by atoms with Gasteiger partial charge in [0.2, 0.25) is 0 Å². The quantitative estimate of drug-likeness (QED) is 0.421. The molecule has 0 amide bonds. The number of nitrogens with zero attached hydrogens (tertiary/aromatic N) is 1. The molecule has 0 unspecified atom stereocenters. The summed E-state index contributed by atoms with van der Waals surface area (Å²) in [5.41, 5.74) is 4.82. The van der Waals surface area contributed by atoms with Gasteiger partial charge in [0, 0.05) is 19.1 Å². The molecule has 3 aromatic rings. The maximum Gasteiger partial charge on any atom is 0.180 e. The molecule has 5 heteroatoms. The highest BCUT2D eigenvalue weighted by molar-refractivity contribution is 6.32. The smallest absolute Gasteiger partial charge is 0.180 e. The van der Waals surface area contributed by atoms with Crippen LogP contribution < -0.4 is 14.8 Å². The SMILES string of the molecule is COc1cc(CNC2CCN(Cc3ccccc3)CC2)cc(Cl)c1OCc1ccc(C)cc1. The van der Waals surface area contributed by atoms with Gasteiger partial charge in [-0.25, -0.2) is 0 Å². The standard InChI is InChI=1S/C28H33ClN2O2/c1-21-8-10-23(11-9-21)20-33-28-26(29)16-24(17-27(28)32-2)18-30-25-12-14-31(15-13-25)19-22-6-4-3-5-7-22/h3-11,16-17,25,30H,12-15,18-20H2,1-2H3. The van der Waals surface area contributed by atoms with Gasteiger partial charge in [-0.15, -0.1) is 0 Å². The van der Waals surface area contributed by atoms with Gasteiger partial charge in [-0.1, -0.05) is 71.8 Å². The van der Waals surface area contributed by atoms with Crippen molar-refractivity contribution >= 4 is 11.6 Å². The van der Waals surface area contributed by atoms with E-state index in [-0.39, 0.29) is 0 Å². The van der Waals surface area contributed by atoms with Gasteiger partial charge in [0.05, 0.1) is 12.1 Å². The Morgan fingerprint density at radius 2 is 1.67 bits per heavy atom. The molecule has 0 atom stereocenters. The first kappa shape index (κ1) is 23.6. The Bertz CT molecular complexity index is 1020. The predicted octanol–water partition coefficient (Wildman–Crippen LogP) is 5.99. The number of rotatable bonds is 9. The second kappa shape index (κ2) is 11.6. The van der Waals surface area contributed by atoms with Crippen LogP contribution in [0.4, 0.5) is 0 Å². The minimum atomic E-state index is 0.454. The van der Waals surface area contributed by atoms with E-state index in [2.05, 4.69) is 71.7 Å². The molecular formula is C28H33ClN2O2. The number of benzene rings is 3. The first-order valence-corrected chi connectivity index (χ1v) is 12.0. The van der Waals surface area contributed by atoms with E-state index in [0.717, 1.165) is 50.1 Å². The zero-order chi connectivity index (χ0) is 23.0. The van der Waals surface area contributed by atoms with Gasteiger partial charge in [-0.2, -0.15) is 0 Å². The molecule has 33 heavy (non-hydrogen) atoms. The van der Waals surface area contributed by atoms with Crippen LogP contribution in [0, 0.1) is 6.92 Å². The lowest BCUT2D eigenvalue weighted by molar-refractivity contribution is 0.190. The molecule has 4 nitrogen and oxygen atoms in total. The molecular weight excluding hydrogens is 432 g/mol. The highest BCUT2D eigenvalue weighted by Gasteiger charge is 2.19. The van der Waals surface area contributed by atoms with Gasteiger partial charge in [0.25, 0.3) is 0 Å². The van der Waals surface area contributed by atoms with E-state index in [1.807, 2.05) is 12.1 Å². The fourth-order valence-electron chi connectivity index (χ4n) is 4.25. The third-order valence-corrected chi connectivity index (χ3v) is 6.51. The summed E-state index contributed by atoms with van der Waals surface area (Å²) >= 11 is 6.58. The highest BCUT2D eigenvalue weighted by Crippen LogP contribution is 2.37. The largest absolute Gasteiger partial charge is 0.493 e. The van der Waals surface area contributed by atoms with Gasteiger partial charge in [0.1, 0.15) is 6.61 Å². The van der Waals surface area contributed by atoms with E-state index in [9.17, 15) is 0 Å². The lowest BCUT2D eigenvalue weighted by atomic mass is 10.0. The third kappa shape index (κ3) is 6.73. The summed E-state index contributed by atoms with van der Waals surface area (Å²) in [6, 6.07) is 23.5. The van der Waals surface area contributed by atoms with Crippen LogP contribution in [0.25, 0.3) is 0 Å². The molecule has 3 aromatic carbocycles. The van der Waals surface area contributed by atoms with Crippen molar-refractivity contribution < 1.29 is 9.47 Å². The highest BCUT2D eigenvalue weighted by atomic mass is 35.5. The molecule has 0 aromatic heterocycles. The second-order valence-corrected chi connectivity index (χ2v) is 9.21. The van der Waals surface area contributed by atoms with Crippen LogP contribution in [0.1, 0.15) is 35.1 Å². The number of piperidine rings is 1. The molecule has 0 aliphatic carbocycles. The molecule has 1 saturated heterocycles. The molecule has 0 saturated carbocycles. The number of hydrogen-bond donors (Lipinski definition) is 1.